The highest BCUT2D eigenvalue weighted by atomic mass is 16.2. The second kappa shape index (κ2) is 23.8. The topological polar surface area (TPSA) is 183 Å². The van der Waals surface area contributed by atoms with E-state index in [-0.39, 0.29) is 82.7 Å². The van der Waals surface area contributed by atoms with Gasteiger partial charge >= 0.3 is 0 Å². The zero-order chi connectivity index (χ0) is 40.2. The van der Waals surface area contributed by atoms with E-state index in [1.165, 1.54) is 24.5 Å². The second-order valence-corrected chi connectivity index (χ2v) is 13.9. The number of unbranched alkanes of at least 4 members (excludes halogenated alkanes) is 1. The number of nitrogens with two attached hydrogens (primary N) is 2. The van der Waals surface area contributed by atoms with Crippen LogP contribution in [0.4, 0.5) is 0 Å². The number of hydrogen-bond acceptors (Lipinski definition) is 8. The Labute approximate surface area is 321 Å². The molecule has 0 spiro atoms. The SMILES string of the molecule is CCN(CC(=O)N(CCCCN)CC(N)=O)C(=O)CN(C(=O)CN(CC)C(=O)CN(CC(C)C)C(=O)CNC(C)c1ccccc1)C(C)c1ccccc1. The van der Waals surface area contributed by atoms with Gasteiger partial charge in [-0.05, 0) is 64.1 Å². The van der Waals surface area contributed by atoms with Gasteiger partial charge in [0.2, 0.25) is 35.4 Å². The third kappa shape index (κ3) is 15.3. The van der Waals surface area contributed by atoms with Crippen molar-refractivity contribution >= 4 is 35.4 Å². The molecule has 298 valence electrons. The first-order valence-corrected chi connectivity index (χ1v) is 18.9. The largest absolute Gasteiger partial charge is 0.368 e. The molecule has 2 aromatic rings. The number of likely N-dealkylation sites (N-methyl/N-ethyl adjacent to an activating group) is 2. The molecular weight excluding hydrogens is 688 g/mol. The Morgan fingerprint density at radius 3 is 1.63 bits per heavy atom. The molecule has 0 radical (unpaired) electrons. The lowest BCUT2D eigenvalue weighted by Crippen LogP contribution is -2.52. The first-order chi connectivity index (χ1) is 25.7. The molecule has 6 amide bonds. The fraction of sp³-hybridized carbons (Fsp3) is 0.550. The molecule has 54 heavy (non-hydrogen) atoms. The predicted octanol–water partition coefficient (Wildman–Crippen LogP) is 2.16. The van der Waals surface area contributed by atoms with Crippen molar-refractivity contribution in [3.8, 4) is 0 Å². The molecule has 0 heterocycles. The number of carbonyl (C=O) groups is 6. The zero-order valence-electron chi connectivity index (χ0n) is 33.0. The fourth-order valence-electron chi connectivity index (χ4n) is 5.97. The minimum atomic E-state index is -0.667. The van der Waals surface area contributed by atoms with E-state index in [1.54, 1.807) is 20.8 Å². The zero-order valence-corrected chi connectivity index (χ0v) is 33.0. The lowest BCUT2D eigenvalue weighted by atomic mass is 10.1. The van der Waals surface area contributed by atoms with Crippen molar-refractivity contribution in [3.05, 3.63) is 71.8 Å². The summed E-state index contributed by atoms with van der Waals surface area (Å²) in [6.07, 6.45) is 1.23. The number of nitrogens with zero attached hydrogens (tertiary/aromatic N) is 5. The van der Waals surface area contributed by atoms with E-state index in [1.807, 2.05) is 81.4 Å². The van der Waals surface area contributed by atoms with Gasteiger partial charge in [0.05, 0.1) is 38.8 Å². The third-order valence-corrected chi connectivity index (χ3v) is 9.20. The third-order valence-electron chi connectivity index (χ3n) is 9.20. The first kappa shape index (κ1) is 45.3. The summed E-state index contributed by atoms with van der Waals surface area (Å²) < 4.78 is 0. The Balaban J connectivity index is 2.24. The van der Waals surface area contributed by atoms with Crippen LogP contribution in [0.2, 0.25) is 0 Å². The van der Waals surface area contributed by atoms with E-state index < -0.39 is 29.7 Å². The second-order valence-electron chi connectivity index (χ2n) is 13.9. The lowest BCUT2D eigenvalue weighted by molar-refractivity contribution is -0.148. The molecule has 0 bridgehead atoms. The highest BCUT2D eigenvalue weighted by Crippen LogP contribution is 2.21. The number of benzene rings is 2. The van der Waals surface area contributed by atoms with E-state index in [0.717, 1.165) is 11.1 Å². The van der Waals surface area contributed by atoms with Gasteiger partial charge in [0, 0.05) is 32.2 Å². The van der Waals surface area contributed by atoms with Gasteiger partial charge in [-0.2, -0.15) is 0 Å². The molecule has 0 saturated heterocycles. The maximum atomic E-state index is 14.1. The summed E-state index contributed by atoms with van der Waals surface area (Å²) in [7, 11) is 0. The molecule has 0 aliphatic heterocycles. The van der Waals surface area contributed by atoms with Crippen LogP contribution < -0.4 is 16.8 Å². The van der Waals surface area contributed by atoms with Gasteiger partial charge in [0.15, 0.2) is 0 Å². The smallest absolute Gasteiger partial charge is 0.243 e. The van der Waals surface area contributed by atoms with Gasteiger partial charge in [-0.3, -0.25) is 28.8 Å². The normalized spacial score (nSPS) is 12.1. The van der Waals surface area contributed by atoms with Gasteiger partial charge in [0.1, 0.15) is 6.54 Å². The Morgan fingerprint density at radius 2 is 1.11 bits per heavy atom. The van der Waals surface area contributed by atoms with Gasteiger partial charge < -0.3 is 41.3 Å². The van der Waals surface area contributed by atoms with Crippen molar-refractivity contribution in [2.24, 2.45) is 17.4 Å². The molecule has 0 saturated carbocycles. The van der Waals surface area contributed by atoms with E-state index >= 15 is 0 Å². The van der Waals surface area contributed by atoms with Gasteiger partial charge in [-0.15, -0.1) is 0 Å². The van der Waals surface area contributed by atoms with Crippen molar-refractivity contribution in [2.45, 2.75) is 66.5 Å². The number of primary amides is 1. The summed E-state index contributed by atoms with van der Waals surface area (Å²) in [4.78, 5) is 87.0. The Morgan fingerprint density at radius 1 is 0.611 bits per heavy atom. The van der Waals surface area contributed by atoms with E-state index in [2.05, 4.69) is 5.32 Å². The number of rotatable bonds is 24. The van der Waals surface area contributed by atoms with Gasteiger partial charge in [-0.1, -0.05) is 74.5 Å². The van der Waals surface area contributed by atoms with Crippen molar-refractivity contribution in [1.29, 1.82) is 0 Å². The van der Waals surface area contributed by atoms with Crippen LogP contribution in [0, 0.1) is 5.92 Å². The van der Waals surface area contributed by atoms with Crippen molar-refractivity contribution in [1.82, 2.24) is 29.8 Å². The molecule has 14 heteroatoms. The van der Waals surface area contributed by atoms with Crippen LogP contribution in [-0.4, -0.2) is 132 Å². The summed E-state index contributed by atoms with van der Waals surface area (Å²) in [5.74, 6) is -2.56. The summed E-state index contributed by atoms with van der Waals surface area (Å²) in [6.45, 7) is 11.2. The quantitative estimate of drug-likeness (QED) is 0.137. The molecule has 0 aliphatic carbocycles. The highest BCUT2D eigenvalue weighted by Gasteiger charge is 2.30. The van der Waals surface area contributed by atoms with Crippen LogP contribution in [0.25, 0.3) is 0 Å². The Kier molecular flexibility index (Phi) is 20.0. The maximum Gasteiger partial charge on any atom is 0.243 e. The van der Waals surface area contributed by atoms with E-state index in [0.29, 0.717) is 25.9 Å². The number of hydrogen-bond donors (Lipinski definition) is 3. The molecule has 2 atom stereocenters. The van der Waals surface area contributed by atoms with E-state index in [9.17, 15) is 28.8 Å². The van der Waals surface area contributed by atoms with Crippen LogP contribution >= 0.6 is 0 Å². The number of nitrogens with one attached hydrogen (secondary N) is 1. The molecule has 0 aliphatic rings. The maximum absolute atomic E-state index is 14.1. The molecule has 2 aromatic carbocycles. The minimum absolute atomic E-state index is 0.0377. The number of carbonyl (C=O) groups excluding carboxylic acids is 6. The standard InChI is InChI=1S/C40H62N8O6/c1-7-44(26-38(52)46(25-35(42)49)22-16-15-21-41)39(53)29-48(32(6)34-19-13-10-14-20-34)40(54)28-45(8-2)37(51)27-47(24-30(3)4)36(50)23-43-31(5)33-17-11-9-12-18-33/h9-14,17-20,30-32,43H,7-8,15-16,21-29,41H2,1-6H3,(H2,42,49). The van der Waals surface area contributed by atoms with Crippen molar-refractivity contribution in [2.75, 3.05) is 72.0 Å². The van der Waals surface area contributed by atoms with E-state index in [4.69, 9.17) is 11.5 Å². The van der Waals surface area contributed by atoms with Crippen LogP contribution in [0.1, 0.15) is 77.6 Å². The minimum Gasteiger partial charge on any atom is -0.368 e. The first-order valence-electron chi connectivity index (χ1n) is 18.9. The van der Waals surface area contributed by atoms with Crippen molar-refractivity contribution < 1.29 is 28.8 Å². The summed E-state index contributed by atoms with van der Waals surface area (Å²) >= 11 is 0. The van der Waals surface area contributed by atoms with Gasteiger partial charge in [0.25, 0.3) is 0 Å². The molecule has 5 N–H and O–H groups in total. The predicted molar refractivity (Wildman–Crippen MR) is 209 cm³/mol. The molecule has 2 unspecified atom stereocenters. The highest BCUT2D eigenvalue weighted by molar-refractivity contribution is 5.92. The van der Waals surface area contributed by atoms with Crippen LogP contribution in [0.15, 0.2) is 60.7 Å². The summed E-state index contributed by atoms with van der Waals surface area (Å²) in [5, 5.41) is 3.25. The average Bonchev–Trinajstić information content (AvgIpc) is 3.16. The molecular formula is C40H62N8O6. The molecule has 0 fully saturated rings. The Hall–Kier alpha value is -4.82. The fourth-order valence-corrected chi connectivity index (χ4v) is 5.97. The lowest BCUT2D eigenvalue weighted by Gasteiger charge is -2.34. The van der Waals surface area contributed by atoms with Crippen LogP contribution in [0.3, 0.4) is 0 Å². The molecule has 0 aromatic heterocycles. The summed E-state index contributed by atoms with van der Waals surface area (Å²) in [5.41, 5.74) is 12.8. The summed E-state index contributed by atoms with van der Waals surface area (Å²) in [6, 6.07) is 18.4. The molecule has 14 nitrogen and oxygen atoms in total. The average molecular weight is 751 g/mol. The van der Waals surface area contributed by atoms with Crippen LogP contribution in [0.5, 0.6) is 0 Å². The monoisotopic (exact) mass is 750 g/mol. The van der Waals surface area contributed by atoms with Gasteiger partial charge in [-0.25, -0.2) is 0 Å². The van der Waals surface area contributed by atoms with Crippen molar-refractivity contribution in [3.63, 3.8) is 0 Å². The van der Waals surface area contributed by atoms with Crippen LogP contribution in [-0.2, 0) is 28.8 Å². The number of amides is 6. The molecule has 2 rings (SSSR count). The Bertz CT molecular complexity index is 1490.